The molecule has 0 heterocycles. The number of benzene rings is 2. The second-order valence-electron chi connectivity index (χ2n) is 4.83. The van der Waals surface area contributed by atoms with Gasteiger partial charge < -0.3 is 14.8 Å². The summed E-state index contributed by atoms with van der Waals surface area (Å²) in [5.41, 5.74) is 2.13. The summed E-state index contributed by atoms with van der Waals surface area (Å²) in [4.78, 5) is 12.1. The molecule has 2 aromatic carbocycles. The van der Waals surface area contributed by atoms with Crippen LogP contribution in [0.4, 0.5) is 10.1 Å². The van der Waals surface area contributed by atoms with Gasteiger partial charge in [0.1, 0.15) is 17.3 Å². The SMILES string of the molecule is COc1ccc(NC(=O)Cc2ccc(F)cc2)c(OC)c1C. The topological polar surface area (TPSA) is 47.6 Å². The number of carbonyl (C=O) groups excluding carboxylic acids is 1. The van der Waals surface area contributed by atoms with Gasteiger partial charge in [-0.2, -0.15) is 0 Å². The summed E-state index contributed by atoms with van der Waals surface area (Å²) >= 11 is 0. The Labute approximate surface area is 128 Å². The highest BCUT2D eigenvalue weighted by molar-refractivity contribution is 5.94. The van der Waals surface area contributed by atoms with Crippen LogP contribution in [-0.4, -0.2) is 20.1 Å². The fourth-order valence-corrected chi connectivity index (χ4v) is 2.24. The molecule has 2 rings (SSSR count). The van der Waals surface area contributed by atoms with Crippen molar-refractivity contribution in [3.63, 3.8) is 0 Å². The molecule has 2 aromatic rings. The van der Waals surface area contributed by atoms with Crippen LogP contribution in [0.1, 0.15) is 11.1 Å². The van der Waals surface area contributed by atoms with Crippen molar-refractivity contribution in [3.8, 4) is 11.5 Å². The average molecular weight is 303 g/mol. The summed E-state index contributed by atoms with van der Waals surface area (Å²) < 4.78 is 23.4. The molecule has 5 heteroatoms. The molecule has 0 radical (unpaired) electrons. The lowest BCUT2D eigenvalue weighted by Crippen LogP contribution is -2.15. The maximum absolute atomic E-state index is 12.9. The van der Waals surface area contributed by atoms with Gasteiger partial charge in [-0.15, -0.1) is 0 Å². The molecule has 0 bridgehead atoms. The summed E-state index contributed by atoms with van der Waals surface area (Å²) in [5.74, 6) is 0.728. The fourth-order valence-electron chi connectivity index (χ4n) is 2.24. The molecule has 0 saturated heterocycles. The van der Waals surface area contributed by atoms with Crippen LogP contribution >= 0.6 is 0 Å². The second-order valence-corrected chi connectivity index (χ2v) is 4.83. The third-order valence-corrected chi connectivity index (χ3v) is 3.33. The molecule has 116 valence electrons. The van der Waals surface area contributed by atoms with Crippen LogP contribution in [0.5, 0.6) is 11.5 Å². The number of hydrogen-bond acceptors (Lipinski definition) is 3. The number of methoxy groups -OCH3 is 2. The van der Waals surface area contributed by atoms with Crippen LogP contribution < -0.4 is 14.8 Å². The van der Waals surface area contributed by atoms with Crippen LogP contribution in [-0.2, 0) is 11.2 Å². The Bertz CT molecular complexity index is 668. The molecule has 0 saturated carbocycles. The van der Waals surface area contributed by atoms with E-state index in [1.54, 1.807) is 31.4 Å². The minimum absolute atomic E-state index is 0.161. The Morgan fingerprint density at radius 1 is 1.09 bits per heavy atom. The molecule has 0 atom stereocenters. The Kier molecular flexibility index (Phi) is 4.99. The predicted octanol–water partition coefficient (Wildman–Crippen LogP) is 3.33. The van der Waals surface area contributed by atoms with Crippen LogP contribution in [0.3, 0.4) is 0 Å². The largest absolute Gasteiger partial charge is 0.496 e. The van der Waals surface area contributed by atoms with Gasteiger partial charge in [0.05, 0.1) is 26.3 Å². The standard InChI is InChI=1S/C17H18FNO3/c1-11-15(21-2)9-8-14(17(11)22-3)19-16(20)10-12-4-6-13(18)7-5-12/h4-9H,10H2,1-3H3,(H,19,20). The van der Waals surface area contributed by atoms with E-state index in [0.29, 0.717) is 17.2 Å². The average Bonchev–Trinajstić information content (AvgIpc) is 2.50. The van der Waals surface area contributed by atoms with E-state index in [9.17, 15) is 9.18 Å². The lowest BCUT2D eigenvalue weighted by molar-refractivity contribution is -0.115. The smallest absolute Gasteiger partial charge is 0.228 e. The lowest BCUT2D eigenvalue weighted by atomic mass is 10.1. The van der Waals surface area contributed by atoms with Crippen LogP contribution in [0.2, 0.25) is 0 Å². The summed E-state index contributed by atoms with van der Waals surface area (Å²) in [7, 11) is 3.12. The van der Waals surface area contributed by atoms with E-state index in [-0.39, 0.29) is 18.1 Å². The summed E-state index contributed by atoms with van der Waals surface area (Å²) in [6.45, 7) is 1.85. The number of anilines is 1. The normalized spacial score (nSPS) is 10.2. The fraction of sp³-hybridized carbons (Fsp3) is 0.235. The quantitative estimate of drug-likeness (QED) is 0.921. The van der Waals surface area contributed by atoms with Gasteiger partial charge in [-0.1, -0.05) is 12.1 Å². The van der Waals surface area contributed by atoms with Gasteiger partial charge in [0, 0.05) is 5.56 Å². The first-order valence-corrected chi connectivity index (χ1v) is 6.81. The number of nitrogens with one attached hydrogen (secondary N) is 1. The minimum atomic E-state index is -0.323. The zero-order chi connectivity index (χ0) is 16.1. The first kappa shape index (κ1) is 15.8. The van der Waals surface area contributed by atoms with E-state index in [4.69, 9.17) is 9.47 Å². The van der Waals surface area contributed by atoms with Crippen molar-refractivity contribution in [3.05, 3.63) is 53.3 Å². The number of amides is 1. The first-order chi connectivity index (χ1) is 10.5. The number of halogens is 1. The van der Waals surface area contributed by atoms with Crippen molar-refractivity contribution in [2.24, 2.45) is 0 Å². The van der Waals surface area contributed by atoms with Crippen LogP contribution in [0, 0.1) is 12.7 Å². The third kappa shape index (κ3) is 3.55. The first-order valence-electron chi connectivity index (χ1n) is 6.81. The number of carbonyl (C=O) groups is 1. The molecular weight excluding hydrogens is 285 g/mol. The molecule has 0 aliphatic carbocycles. The van der Waals surface area contributed by atoms with Crippen molar-refractivity contribution in [1.82, 2.24) is 0 Å². The number of hydrogen-bond donors (Lipinski definition) is 1. The molecule has 1 N–H and O–H groups in total. The monoisotopic (exact) mass is 303 g/mol. The molecular formula is C17H18FNO3. The van der Waals surface area contributed by atoms with Gasteiger partial charge in [0.2, 0.25) is 5.91 Å². The van der Waals surface area contributed by atoms with E-state index in [2.05, 4.69) is 5.32 Å². The molecule has 4 nitrogen and oxygen atoms in total. The van der Waals surface area contributed by atoms with Crippen molar-refractivity contribution < 1.29 is 18.7 Å². The van der Waals surface area contributed by atoms with Gasteiger partial charge >= 0.3 is 0 Å². The van der Waals surface area contributed by atoms with Gasteiger partial charge in [-0.3, -0.25) is 4.79 Å². The van der Waals surface area contributed by atoms with Crippen molar-refractivity contribution in [1.29, 1.82) is 0 Å². The zero-order valence-electron chi connectivity index (χ0n) is 12.8. The van der Waals surface area contributed by atoms with E-state index in [1.807, 2.05) is 6.92 Å². The Hall–Kier alpha value is -2.56. The third-order valence-electron chi connectivity index (χ3n) is 3.33. The van der Waals surface area contributed by atoms with Crippen molar-refractivity contribution in [2.45, 2.75) is 13.3 Å². The second kappa shape index (κ2) is 6.93. The molecule has 0 aliphatic heterocycles. The lowest BCUT2D eigenvalue weighted by Gasteiger charge is -2.15. The summed E-state index contributed by atoms with van der Waals surface area (Å²) in [5, 5.41) is 2.80. The van der Waals surface area contributed by atoms with Gasteiger partial charge in [-0.05, 0) is 36.8 Å². The minimum Gasteiger partial charge on any atom is -0.496 e. The van der Waals surface area contributed by atoms with E-state index in [1.165, 1.54) is 19.2 Å². The Morgan fingerprint density at radius 2 is 1.77 bits per heavy atom. The van der Waals surface area contributed by atoms with E-state index >= 15 is 0 Å². The van der Waals surface area contributed by atoms with Crippen LogP contribution in [0.15, 0.2) is 36.4 Å². The van der Waals surface area contributed by atoms with Crippen molar-refractivity contribution in [2.75, 3.05) is 19.5 Å². The van der Waals surface area contributed by atoms with Crippen LogP contribution in [0.25, 0.3) is 0 Å². The molecule has 0 spiro atoms. The zero-order valence-corrected chi connectivity index (χ0v) is 12.8. The van der Waals surface area contributed by atoms with Gasteiger partial charge in [0.15, 0.2) is 0 Å². The molecule has 0 fully saturated rings. The van der Waals surface area contributed by atoms with Crippen molar-refractivity contribution >= 4 is 11.6 Å². The Balaban J connectivity index is 2.14. The molecule has 0 aromatic heterocycles. The predicted molar refractivity (Wildman–Crippen MR) is 83.0 cm³/mol. The molecule has 0 unspecified atom stereocenters. The highest BCUT2D eigenvalue weighted by Crippen LogP contribution is 2.34. The molecule has 22 heavy (non-hydrogen) atoms. The Morgan fingerprint density at radius 3 is 2.36 bits per heavy atom. The van der Waals surface area contributed by atoms with E-state index < -0.39 is 0 Å². The molecule has 1 amide bonds. The summed E-state index contributed by atoms with van der Waals surface area (Å²) in [6, 6.07) is 9.34. The number of ether oxygens (including phenoxy) is 2. The maximum atomic E-state index is 12.9. The van der Waals surface area contributed by atoms with E-state index in [0.717, 1.165) is 11.1 Å². The maximum Gasteiger partial charge on any atom is 0.228 e. The highest BCUT2D eigenvalue weighted by Gasteiger charge is 2.13. The van der Waals surface area contributed by atoms with Gasteiger partial charge in [-0.25, -0.2) is 4.39 Å². The van der Waals surface area contributed by atoms with Gasteiger partial charge in [0.25, 0.3) is 0 Å². The highest BCUT2D eigenvalue weighted by atomic mass is 19.1. The molecule has 0 aliphatic rings. The number of rotatable bonds is 5. The summed E-state index contributed by atoms with van der Waals surface area (Å²) in [6.07, 6.45) is 0.161.